The number of hydrogen-bond acceptors (Lipinski definition) is 6. The molecular weight excluding hydrogens is 306 g/mol. The third-order valence-corrected chi connectivity index (χ3v) is 3.79. The lowest BCUT2D eigenvalue weighted by atomic mass is 10.3. The third kappa shape index (κ3) is 3.87. The van der Waals surface area contributed by atoms with E-state index in [4.69, 9.17) is 4.74 Å². The van der Waals surface area contributed by atoms with Crippen LogP contribution in [0.25, 0.3) is 6.08 Å². The number of rotatable bonds is 4. The van der Waals surface area contributed by atoms with Crippen LogP contribution in [0.5, 0.6) is 5.88 Å². The van der Waals surface area contributed by atoms with Gasteiger partial charge in [0.2, 0.25) is 17.7 Å². The molecule has 0 bridgehead atoms. The lowest BCUT2D eigenvalue weighted by Crippen LogP contribution is -2.48. The van der Waals surface area contributed by atoms with E-state index in [0.29, 0.717) is 38.0 Å². The minimum atomic E-state index is -0.00753. The Morgan fingerprint density at radius 3 is 2.67 bits per heavy atom. The van der Waals surface area contributed by atoms with Gasteiger partial charge in [0.25, 0.3) is 0 Å². The molecule has 0 spiro atoms. The van der Waals surface area contributed by atoms with Gasteiger partial charge in [0.05, 0.1) is 12.8 Å². The fourth-order valence-electron chi connectivity index (χ4n) is 2.46. The number of nitrogens with zero attached hydrogens (tertiary/aromatic N) is 5. The Bertz CT molecular complexity index is 712. The molecule has 1 amide bonds. The van der Waals surface area contributed by atoms with Gasteiger partial charge >= 0.3 is 0 Å². The van der Waals surface area contributed by atoms with Crippen LogP contribution in [0, 0.1) is 0 Å². The molecule has 24 heavy (non-hydrogen) atoms. The highest BCUT2D eigenvalue weighted by molar-refractivity contribution is 5.91. The van der Waals surface area contributed by atoms with Crippen molar-refractivity contribution in [2.24, 2.45) is 0 Å². The summed E-state index contributed by atoms with van der Waals surface area (Å²) in [5.41, 5.74) is 0.772. The summed E-state index contributed by atoms with van der Waals surface area (Å²) in [6.45, 7) is 2.64. The maximum Gasteiger partial charge on any atom is 0.246 e. The van der Waals surface area contributed by atoms with E-state index in [-0.39, 0.29) is 5.91 Å². The van der Waals surface area contributed by atoms with Gasteiger partial charge in [-0.05, 0) is 18.2 Å². The molecule has 1 aliphatic heterocycles. The first-order valence-electron chi connectivity index (χ1n) is 7.76. The average molecular weight is 325 g/mol. The molecule has 124 valence electrons. The lowest BCUT2D eigenvalue weighted by Gasteiger charge is -2.34. The van der Waals surface area contributed by atoms with Crippen LogP contribution in [0.1, 0.15) is 5.69 Å². The summed E-state index contributed by atoms with van der Waals surface area (Å²) in [5, 5.41) is 0. The van der Waals surface area contributed by atoms with Gasteiger partial charge in [0, 0.05) is 50.7 Å². The highest BCUT2D eigenvalue weighted by atomic mass is 16.5. The zero-order chi connectivity index (χ0) is 16.8. The predicted molar refractivity (Wildman–Crippen MR) is 90.6 cm³/mol. The Hall–Kier alpha value is -2.96. The molecule has 1 aliphatic rings. The Morgan fingerprint density at radius 2 is 1.96 bits per heavy atom. The quantitative estimate of drug-likeness (QED) is 0.788. The predicted octanol–water partition coefficient (Wildman–Crippen LogP) is 1.24. The minimum absolute atomic E-state index is 0.00753. The van der Waals surface area contributed by atoms with Crippen molar-refractivity contribution in [1.29, 1.82) is 0 Å². The molecule has 0 aliphatic carbocycles. The Kier molecular flexibility index (Phi) is 5.00. The van der Waals surface area contributed by atoms with Gasteiger partial charge in [0.1, 0.15) is 0 Å². The molecule has 3 heterocycles. The van der Waals surface area contributed by atoms with E-state index in [1.807, 2.05) is 23.1 Å². The van der Waals surface area contributed by atoms with Gasteiger partial charge in [-0.1, -0.05) is 6.07 Å². The number of amides is 1. The van der Waals surface area contributed by atoms with Gasteiger partial charge in [-0.2, -0.15) is 4.98 Å². The standard InChI is InChI=1S/C17H19N5O2/c1-24-15-7-9-19-17(20-15)22-12-10-21(11-13-22)16(23)6-5-14-4-2-3-8-18-14/h2-9H,10-13H2,1H3. The smallest absolute Gasteiger partial charge is 0.246 e. The second-order valence-corrected chi connectivity index (χ2v) is 5.30. The van der Waals surface area contributed by atoms with Crippen LogP contribution in [0.4, 0.5) is 5.95 Å². The third-order valence-electron chi connectivity index (χ3n) is 3.79. The summed E-state index contributed by atoms with van der Waals surface area (Å²) in [6.07, 6.45) is 6.69. The number of carbonyl (C=O) groups is 1. The zero-order valence-corrected chi connectivity index (χ0v) is 13.5. The number of hydrogen-bond donors (Lipinski definition) is 0. The molecule has 2 aromatic rings. The molecule has 7 heteroatoms. The van der Waals surface area contributed by atoms with Crippen molar-refractivity contribution in [2.75, 3.05) is 38.2 Å². The number of pyridine rings is 1. The van der Waals surface area contributed by atoms with Crippen molar-refractivity contribution in [2.45, 2.75) is 0 Å². The number of methoxy groups -OCH3 is 1. The average Bonchev–Trinajstić information content (AvgIpc) is 2.67. The summed E-state index contributed by atoms with van der Waals surface area (Å²) in [4.78, 5) is 28.9. The maximum atomic E-state index is 12.3. The summed E-state index contributed by atoms with van der Waals surface area (Å²) < 4.78 is 5.12. The zero-order valence-electron chi connectivity index (χ0n) is 13.5. The molecule has 0 aromatic carbocycles. The Morgan fingerprint density at radius 1 is 1.12 bits per heavy atom. The number of piperazine rings is 1. The second-order valence-electron chi connectivity index (χ2n) is 5.30. The molecule has 0 saturated carbocycles. The molecule has 0 unspecified atom stereocenters. The van der Waals surface area contributed by atoms with Gasteiger partial charge in [-0.3, -0.25) is 9.78 Å². The maximum absolute atomic E-state index is 12.3. The van der Waals surface area contributed by atoms with Crippen molar-refractivity contribution in [3.63, 3.8) is 0 Å². The van der Waals surface area contributed by atoms with E-state index in [2.05, 4.69) is 19.9 Å². The molecule has 3 rings (SSSR count). The van der Waals surface area contributed by atoms with Crippen LogP contribution in [-0.4, -0.2) is 59.0 Å². The number of anilines is 1. The number of carbonyl (C=O) groups excluding carboxylic acids is 1. The molecule has 0 radical (unpaired) electrons. The van der Waals surface area contributed by atoms with E-state index >= 15 is 0 Å². The van der Waals surface area contributed by atoms with E-state index in [1.165, 1.54) is 0 Å². The largest absolute Gasteiger partial charge is 0.481 e. The topological polar surface area (TPSA) is 71.5 Å². The molecule has 7 nitrogen and oxygen atoms in total. The van der Waals surface area contributed by atoms with Crippen molar-refractivity contribution in [1.82, 2.24) is 19.9 Å². The minimum Gasteiger partial charge on any atom is -0.481 e. The van der Waals surface area contributed by atoms with E-state index in [9.17, 15) is 4.79 Å². The summed E-state index contributed by atoms with van der Waals surface area (Å²) in [7, 11) is 1.58. The highest BCUT2D eigenvalue weighted by Gasteiger charge is 2.21. The van der Waals surface area contributed by atoms with Gasteiger partial charge < -0.3 is 14.5 Å². The monoisotopic (exact) mass is 325 g/mol. The normalized spacial score (nSPS) is 14.9. The Labute approximate surface area is 140 Å². The van der Waals surface area contributed by atoms with Crippen molar-refractivity contribution >= 4 is 17.9 Å². The molecule has 0 atom stereocenters. The molecule has 1 fully saturated rings. The van der Waals surface area contributed by atoms with Gasteiger partial charge in [0.15, 0.2) is 0 Å². The summed E-state index contributed by atoms with van der Waals surface area (Å²) in [5.74, 6) is 1.16. The summed E-state index contributed by atoms with van der Waals surface area (Å²) in [6, 6.07) is 7.32. The first-order valence-corrected chi connectivity index (χ1v) is 7.76. The van der Waals surface area contributed by atoms with Crippen LogP contribution >= 0.6 is 0 Å². The van der Waals surface area contributed by atoms with Crippen LogP contribution in [0.15, 0.2) is 42.7 Å². The SMILES string of the molecule is COc1ccnc(N2CCN(C(=O)C=Cc3ccccn3)CC2)n1. The van der Waals surface area contributed by atoms with E-state index in [0.717, 1.165) is 5.69 Å². The van der Waals surface area contributed by atoms with Crippen LogP contribution < -0.4 is 9.64 Å². The molecular formula is C17H19N5O2. The highest BCUT2D eigenvalue weighted by Crippen LogP contribution is 2.14. The number of ether oxygens (including phenoxy) is 1. The first kappa shape index (κ1) is 15.9. The molecule has 1 saturated heterocycles. The number of aromatic nitrogens is 3. The summed E-state index contributed by atoms with van der Waals surface area (Å²) >= 11 is 0. The fraction of sp³-hybridized carbons (Fsp3) is 0.294. The van der Waals surface area contributed by atoms with Crippen molar-refractivity contribution in [3.05, 3.63) is 48.4 Å². The van der Waals surface area contributed by atoms with E-state index in [1.54, 1.807) is 37.7 Å². The van der Waals surface area contributed by atoms with Crippen LogP contribution in [-0.2, 0) is 4.79 Å². The lowest BCUT2D eigenvalue weighted by molar-refractivity contribution is -0.126. The Balaban J connectivity index is 1.56. The van der Waals surface area contributed by atoms with Crippen molar-refractivity contribution in [3.8, 4) is 5.88 Å². The van der Waals surface area contributed by atoms with Gasteiger partial charge in [-0.25, -0.2) is 4.98 Å². The molecule has 0 N–H and O–H groups in total. The van der Waals surface area contributed by atoms with Gasteiger partial charge in [-0.15, -0.1) is 0 Å². The van der Waals surface area contributed by atoms with Crippen LogP contribution in [0.3, 0.4) is 0 Å². The first-order chi connectivity index (χ1) is 11.8. The van der Waals surface area contributed by atoms with E-state index < -0.39 is 0 Å². The van der Waals surface area contributed by atoms with Crippen LogP contribution in [0.2, 0.25) is 0 Å². The van der Waals surface area contributed by atoms with Crippen molar-refractivity contribution < 1.29 is 9.53 Å². The second kappa shape index (κ2) is 7.54. The fourth-order valence-corrected chi connectivity index (χ4v) is 2.46. The molecule has 2 aromatic heterocycles.